The van der Waals surface area contributed by atoms with Gasteiger partial charge in [-0.3, -0.25) is 4.90 Å². The molecule has 1 heterocycles. The van der Waals surface area contributed by atoms with Crippen molar-refractivity contribution in [1.82, 2.24) is 10.2 Å². The van der Waals surface area contributed by atoms with Gasteiger partial charge in [0.15, 0.2) is 0 Å². The van der Waals surface area contributed by atoms with Crippen LogP contribution in [0.2, 0.25) is 10.0 Å². The second-order valence-corrected chi connectivity index (χ2v) is 6.78. The summed E-state index contributed by atoms with van der Waals surface area (Å²) in [5.41, 5.74) is 1.18. The highest BCUT2D eigenvalue weighted by atomic mass is 35.5. The van der Waals surface area contributed by atoms with Crippen molar-refractivity contribution in [2.24, 2.45) is 5.92 Å². The molecule has 0 saturated carbocycles. The van der Waals surface area contributed by atoms with Crippen LogP contribution in [0.5, 0.6) is 0 Å². The Kier molecular flexibility index (Phi) is 6.16. The van der Waals surface area contributed by atoms with Gasteiger partial charge in [-0.05, 0) is 42.5 Å². The SMILES string of the molecule is CC(C)CC[C@H](c1cc(Cl)ccc1Cl)N1CCNCC1. The lowest BCUT2D eigenvalue weighted by Crippen LogP contribution is -2.45. The quantitative estimate of drug-likeness (QED) is 0.867. The van der Waals surface area contributed by atoms with Gasteiger partial charge in [-0.25, -0.2) is 0 Å². The second-order valence-electron chi connectivity index (χ2n) is 5.94. The third-order valence-corrected chi connectivity index (χ3v) is 4.51. The molecule has 0 radical (unpaired) electrons. The van der Waals surface area contributed by atoms with Gasteiger partial charge >= 0.3 is 0 Å². The first-order chi connectivity index (χ1) is 9.58. The van der Waals surface area contributed by atoms with E-state index in [0.717, 1.165) is 42.6 Å². The summed E-state index contributed by atoms with van der Waals surface area (Å²) in [6, 6.07) is 6.21. The molecule has 1 N–H and O–H groups in total. The maximum Gasteiger partial charge on any atom is 0.0454 e. The van der Waals surface area contributed by atoms with Gasteiger partial charge in [-0.2, -0.15) is 0 Å². The Hall–Kier alpha value is -0.280. The highest BCUT2D eigenvalue weighted by Crippen LogP contribution is 2.34. The number of rotatable bonds is 5. The zero-order valence-electron chi connectivity index (χ0n) is 12.3. The first-order valence-corrected chi connectivity index (χ1v) is 8.23. The zero-order valence-corrected chi connectivity index (χ0v) is 13.8. The van der Waals surface area contributed by atoms with Gasteiger partial charge in [0.25, 0.3) is 0 Å². The van der Waals surface area contributed by atoms with E-state index < -0.39 is 0 Å². The van der Waals surface area contributed by atoms with Crippen LogP contribution >= 0.6 is 23.2 Å². The molecule has 1 fully saturated rings. The van der Waals surface area contributed by atoms with Gasteiger partial charge in [0, 0.05) is 42.3 Å². The van der Waals surface area contributed by atoms with E-state index in [2.05, 4.69) is 24.1 Å². The normalized spacial score (nSPS) is 18.4. The third-order valence-electron chi connectivity index (χ3n) is 3.93. The molecule has 1 aliphatic heterocycles. The lowest BCUT2D eigenvalue weighted by Gasteiger charge is -2.36. The predicted molar refractivity (Wildman–Crippen MR) is 87.7 cm³/mol. The molecule has 0 amide bonds. The Morgan fingerprint density at radius 1 is 1.15 bits per heavy atom. The Morgan fingerprint density at radius 3 is 2.50 bits per heavy atom. The van der Waals surface area contributed by atoms with Gasteiger partial charge in [0.1, 0.15) is 0 Å². The van der Waals surface area contributed by atoms with Crippen molar-refractivity contribution < 1.29 is 0 Å². The van der Waals surface area contributed by atoms with Crippen LogP contribution in [-0.4, -0.2) is 31.1 Å². The average Bonchev–Trinajstić information content (AvgIpc) is 2.43. The molecule has 2 rings (SSSR count). The number of benzene rings is 1. The van der Waals surface area contributed by atoms with Crippen molar-refractivity contribution in [2.45, 2.75) is 32.7 Å². The fourth-order valence-electron chi connectivity index (χ4n) is 2.79. The molecule has 2 nitrogen and oxygen atoms in total. The summed E-state index contributed by atoms with van der Waals surface area (Å²) < 4.78 is 0. The summed E-state index contributed by atoms with van der Waals surface area (Å²) in [5, 5.41) is 5.02. The van der Waals surface area contributed by atoms with Gasteiger partial charge in [-0.15, -0.1) is 0 Å². The molecule has 1 aromatic carbocycles. The van der Waals surface area contributed by atoms with Crippen LogP contribution in [-0.2, 0) is 0 Å². The van der Waals surface area contributed by atoms with E-state index in [-0.39, 0.29) is 0 Å². The molecule has 0 bridgehead atoms. The van der Waals surface area contributed by atoms with E-state index in [1.807, 2.05) is 18.2 Å². The Bertz CT molecular complexity index is 428. The fourth-order valence-corrected chi connectivity index (χ4v) is 3.21. The number of hydrogen-bond acceptors (Lipinski definition) is 2. The molecule has 0 spiro atoms. The van der Waals surface area contributed by atoms with E-state index in [1.165, 1.54) is 12.0 Å². The lowest BCUT2D eigenvalue weighted by atomic mass is 9.95. The molecule has 1 aliphatic rings. The van der Waals surface area contributed by atoms with Crippen LogP contribution < -0.4 is 5.32 Å². The lowest BCUT2D eigenvalue weighted by molar-refractivity contribution is 0.160. The maximum absolute atomic E-state index is 6.42. The van der Waals surface area contributed by atoms with E-state index in [0.29, 0.717) is 12.0 Å². The van der Waals surface area contributed by atoms with Crippen molar-refractivity contribution in [3.05, 3.63) is 33.8 Å². The van der Waals surface area contributed by atoms with Crippen molar-refractivity contribution >= 4 is 23.2 Å². The minimum absolute atomic E-state index is 0.380. The topological polar surface area (TPSA) is 15.3 Å². The Labute approximate surface area is 132 Å². The Morgan fingerprint density at radius 2 is 1.85 bits per heavy atom. The van der Waals surface area contributed by atoms with Gasteiger partial charge in [-0.1, -0.05) is 37.0 Å². The molecule has 4 heteroatoms. The molecule has 112 valence electrons. The molecule has 1 saturated heterocycles. The molecular weight excluding hydrogens is 291 g/mol. The molecular formula is C16H24Cl2N2. The van der Waals surface area contributed by atoms with Crippen LogP contribution in [0.3, 0.4) is 0 Å². The summed E-state index contributed by atoms with van der Waals surface area (Å²) in [6.45, 7) is 8.80. The summed E-state index contributed by atoms with van der Waals surface area (Å²) >= 11 is 12.6. The first kappa shape index (κ1) is 16.1. The highest BCUT2D eigenvalue weighted by Gasteiger charge is 2.24. The minimum atomic E-state index is 0.380. The van der Waals surface area contributed by atoms with Gasteiger partial charge in [0.2, 0.25) is 0 Å². The van der Waals surface area contributed by atoms with Crippen LogP contribution in [0, 0.1) is 5.92 Å². The first-order valence-electron chi connectivity index (χ1n) is 7.47. The number of nitrogens with one attached hydrogen (secondary N) is 1. The monoisotopic (exact) mass is 314 g/mol. The molecule has 1 atom stereocenters. The van der Waals surface area contributed by atoms with Crippen molar-refractivity contribution in [3.63, 3.8) is 0 Å². The molecule has 1 aromatic rings. The van der Waals surface area contributed by atoms with Crippen LogP contribution in [0.4, 0.5) is 0 Å². The van der Waals surface area contributed by atoms with Crippen molar-refractivity contribution in [1.29, 1.82) is 0 Å². The van der Waals surface area contributed by atoms with Crippen LogP contribution in [0.15, 0.2) is 18.2 Å². The van der Waals surface area contributed by atoms with Gasteiger partial charge < -0.3 is 5.32 Å². The summed E-state index contributed by atoms with van der Waals surface area (Å²) in [5.74, 6) is 0.707. The Balaban J connectivity index is 2.21. The standard InChI is InChI=1S/C16H24Cl2N2/c1-12(2)3-6-16(20-9-7-19-8-10-20)14-11-13(17)4-5-15(14)18/h4-5,11-12,16,19H,3,6-10H2,1-2H3/t16-/m1/s1. The fraction of sp³-hybridized carbons (Fsp3) is 0.625. The summed E-state index contributed by atoms with van der Waals surface area (Å²) in [7, 11) is 0. The maximum atomic E-state index is 6.42. The molecule has 0 aliphatic carbocycles. The molecule has 0 aromatic heterocycles. The van der Waals surface area contributed by atoms with E-state index in [1.54, 1.807) is 0 Å². The number of piperazine rings is 1. The van der Waals surface area contributed by atoms with E-state index >= 15 is 0 Å². The number of nitrogens with zero attached hydrogens (tertiary/aromatic N) is 1. The van der Waals surface area contributed by atoms with Crippen molar-refractivity contribution in [2.75, 3.05) is 26.2 Å². The van der Waals surface area contributed by atoms with Gasteiger partial charge in [0.05, 0.1) is 0 Å². The second kappa shape index (κ2) is 7.65. The average molecular weight is 315 g/mol. The van der Waals surface area contributed by atoms with E-state index in [4.69, 9.17) is 23.2 Å². The van der Waals surface area contributed by atoms with Crippen LogP contribution in [0.25, 0.3) is 0 Å². The third kappa shape index (κ3) is 4.36. The smallest absolute Gasteiger partial charge is 0.0454 e. The highest BCUT2D eigenvalue weighted by molar-refractivity contribution is 6.33. The summed E-state index contributed by atoms with van der Waals surface area (Å²) in [6.07, 6.45) is 2.34. The number of halogens is 2. The van der Waals surface area contributed by atoms with E-state index in [9.17, 15) is 0 Å². The largest absolute Gasteiger partial charge is 0.314 e. The molecule has 0 unspecified atom stereocenters. The summed E-state index contributed by atoms with van der Waals surface area (Å²) in [4.78, 5) is 2.54. The van der Waals surface area contributed by atoms with Crippen LogP contribution in [0.1, 0.15) is 38.3 Å². The van der Waals surface area contributed by atoms with Crippen molar-refractivity contribution in [3.8, 4) is 0 Å². The predicted octanol–water partition coefficient (Wildman–Crippen LogP) is 4.38. The zero-order chi connectivity index (χ0) is 14.5. The minimum Gasteiger partial charge on any atom is -0.314 e. The number of hydrogen-bond donors (Lipinski definition) is 1. The molecule has 20 heavy (non-hydrogen) atoms.